The van der Waals surface area contributed by atoms with E-state index in [1.807, 2.05) is 0 Å². The van der Waals surface area contributed by atoms with Gasteiger partial charge in [0.05, 0.1) is 0 Å². The number of nitrogens with one attached hydrogen (secondary N) is 2. The van der Waals surface area contributed by atoms with Crippen molar-refractivity contribution >= 4 is 24.4 Å². The Morgan fingerprint density at radius 1 is 1.35 bits per heavy atom. The Labute approximate surface area is 105 Å². The molecule has 1 atom stereocenters. The molecule has 2 N–H and O–H groups in total. The van der Waals surface area contributed by atoms with E-state index >= 15 is 0 Å². The van der Waals surface area contributed by atoms with E-state index in [0.717, 1.165) is 11.3 Å². The molecule has 0 aliphatic carbocycles. The summed E-state index contributed by atoms with van der Waals surface area (Å²) in [7, 11) is 0. The quantitative estimate of drug-likeness (QED) is 0.685. The van der Waals surface area contributed by atoms with Crippen LogP contribution in [0.2, 0.25) is 0 Å². The molecule has 2 rings (SSSR count). The third kappa shape index (κ3) is 3.00. The number of benzene rings is 1. The minimum atomic E-state index is -0.410. The third-order valence-electron chi connectivity index (χ3n) is 2.72. The van der Waals surface area contributed by atoms with Crippen molar-refractivity contribution in [3.05, 3.63) is 29.8 Å². The number of hydrogen-bond donors (Lipinski definition) is 3. The van der Waals surface area contributed by atoms with Gasteiger partial charge in [0.15, 0.2) is 0 Å². The fourth-order valence-corrected chi connectivity index (χ4v) is 1.91. The lowest BCUT2D eigenvalue weighted by Crippen LogP contribution is -2.50. The number of amides is 2. The molecule has 1 saturated heterocycles. The Bertz CT molecular complexity index is 431. The first kappa shape index (κ1) is 12.0. The van der Waals surface area contributed by atoms with Crippen LogP contribution in [-0.2, 0) is 4.79 Å². The molecule has 2 amide bonds. The highest BCUT2D eigenvalue weighted by atomic mass is 32.1. The molecule has 0 saturated carbocycles. The highest BCUT2D eigenvalue weighted by molar-refractivity contribution is 7.80. The predicted molar refractivity (Wildman–Crippen MR) is 67.2 cm³/mol. The van der Waals surface area contributed by atoms with E-state index in [1.54, 1.807) is 24.3 Å². The second-order valence-corrected chi connectivity index (χ2v) is 4.52. The van der Waals surface area contributed by atoms with E-state index in [4.69, 9.17) is 0 Å². The fraction of sp³-hybridized carbons (Fsp3) is 0.333. The van der Waals surface area contributed by atoms with E-state index in [0.29, 0.717) is 18.5 Å². The van der Waals surface area contributed by atoms with Crippen molar-refractivity contribution in [1.82, 2.24) is 10.6 Å². The Balaban J connectivity index is 2.01. The normalized spacial score (nSPS) is 19.6. The van der Waals surface area contributed by atoms with Crippen LogP contribution in [0.5, 0.6) is 0 Å². The van der Waals surface area contributed by atoms with Crippen molar-refractivity contribution in [3.63, 3.8) is 0 Å². The summed E-state index contributed by atoms with van der Waals surface area (Å²) < 4.78 is 0. The van der Waals surface area contributed by atoms with Crippen LogP contribution in [0.4, 0.5) is 0 Å². The van der Waals surface area contributed by atoms with Gasteiger partial charge in [-0.2, -0.15) is 0 Å². The molecule has 1 heterocycles. The molecular weight excluding hydrogens is 236 g/mol. The van der Waals surface area contributed by atoms with E-state index in [1.165, 1.54) is 0 Å². The zero-order valence-corrected chi connectivity index (χ0v) is 10.2. The van der Waals surface area contributed by atoms with Crippen LogP contribution < -0.4 is 10.6 Å². The number of carbonyl (C=O) groups excluding carboxylic acids is 2. The van der Waals surface area contributed by atoms with Crippen LogP contribution in [-0.4, -0.2) is 24.4 Å². The zero-order valence-electron chi connectivity index (χ0n) is 9.27. The highest BCUT2D eigenvalue weighted by Gasteiger charge is 2.23. The van der Waals surface area contributed by atoms with Gasteiger partial charge >= 0.3 is 0 Å². The van der Waals surface area contributed by atoms with Gasteiger partial charge in [-0.25, -0.2) is 0 Å². The smallest absolute Gasteiger partial charge is 0.251 e. The molecule has 0 radical (unpaired) electrons. The summed E-state index contributed by atoms with van der Waals surface area (Å²) in [6, 6.07) is 6.47. The van der Waals surface area contributed by atoms with Gasteiger partial charge in [-0.05, 0) is 37.1 Å². The lowest BCUT2D eigenvalue weighted by Gasteiger charge is -2.22. The van der Waals surface area contributed by atoms with Crippen LogP contribution in [0, 0.1) is 0 Å². The van der Waals surface area contributed by atoms with Crippen molar-refractivity contribution < 1.29 is 9.59 Å². The van der Waals surface area contributed by atoms with Crippen LogP contribution >= 0.6 is 12.6 Å². The summed E-state index contributed by atoms with van der Waals surface area (Å²) in [5, 5.41) is 5.46. The predicted octanol–water partition coefficient (Wildman–Crippen LogP) is 0.984. The van der Waals surface area contributed by atoms with Gasteiger partial charge in [-0.1, -0.05) is 0 Å². The maximum atomic E-state index is 11.9. The average molecular weight is 250 g/mol. The molecule has 1 aromatic rings. The van der Waals surface area contributed by atoms with Gasteiger partial charge < -0.3 is 10.6 Å². The van der Waals surface area contributed by atoms with Crippen molar-refractivity contribution in [2.75, 3.05) is 6.54 Å². The van der Waals surface area contributed by atoms with Gasteiger partial charge in [-0.15, -0.1) is 12.6 Å². The molecule has 17 heavy (non-hydrogen) atoms. The zero-order chi connectivity index (χ0) is 12.3. The molecule has 1 unspecified atom stereocenters. The topological polar surface area (TPSA) is 58.2 Å². The van der Waals surface area contributed by atoms with Crippen LogP contribution in [0.1, 0.15) is 23.2 Å². The first-order valence-electron chi connectivity index (χ1n) is 5.54. The summed E-state index contributed by atoms with van der Waals surface area (Å²) in [6.45, 7) is 0.694. The lowest BCUT2D eigenvalue weighted by molar-refractivity contribution is -0.124. The average Bonchev–Trinajstić information content (AvgIpc) is 2.33. The van der Waals surface area contributed by atoms with Crippen molar-refractivity contribution in [2.24, 2.45) is 0 Å². The van der Waals surface area contributed by atoms with Crippen molar-refractivity contribution in [2.45, 2.75) is 23.8 Å². The van der Waals surface area contributed by atoms with E-state index < -0.39 is 6.04 Å². The Hall–Kier alpha value is -1.49. The van der Waals surface area contributed by atoms with Gasteiger partial charge in [0.25, 0.3) is 5.91 Å². The van der Waals surface area contributed by atoms with Crippen molar-refractivity contribution in [1.29, 1.82) is 0 Å². The molecule has 90 valence electrons. The monoisotopic (exact) mass is 250 g/mol. The number of piperidine rings is 1. The summed E-state index contributed by atoms with van der Waals surface area (Å²) in [5.41, 5.74) is 0.543. The molecule has 0 aromatic heterocycles. The molecule has 0 bridgehead atoms. The molecular formula is C12H14N2O2S. The Morgan fingerprint density at radius 3 is 2.71 bits per heavy atom. The SMILES string of the molecule is O=C(NC1CCCNC1=O)c1ccc(S)cc1. The third-order valence-corrected chi connectivity index (χ3v) is 3.02. The van der Waals surface area contributed by atoms with Crippen LogP contribution in [0.3, 0.4) is 0 Å². The molecule has 1 aromatic carbocycles. The number of thiol groups is 1. The van der Waals surface area contributed by atoms with E-state index in [-0.39, 0.29) is 11.8 Å². The van der Waals surface area contributed by atoms with Crippen LogP contribution in [0.15, 0.2) is 29.2 Å². The molecule has 5 heteroatoms. The largest absolute Gasteiger partial charge is 0.354 e. The summed E-state index contributed by atoms with van der Waals surface area (Å²) in [6.07, 6.45) is 1.59. The van der Waals surface area contributed by atoms with E-state index in [9.17, 15) is 9.59 Å². The van der Waals surface area contributed by atoms with Gasteiger partial charge in [0.1, 0.15) is 6.04 Å². The second kappa shape index (κ2) is 5.23. The Kier molecular flexibility index (Phi) is 3.68. The summed E-state index contributed by atoms with van der Waals surface area (Å²) in [5.74, 6) is -0.323. The number of carbonyl (C=O) groups is 2. The molecule has 1 aliphatic rings. The fourth-order valence-electron chi connectivity index (χ4n) is 1.76. The minimum absolute atomic E-state index is 0.101. The molecule has 1 aliphatic heterocycles. The maximum absolute atomic E-state index is 11.9. The van der Waals surface area contributed by atoms with Gasteiger partial charge in [0, 0.05) is 17.0 Å². The molecule has 0 spiro atoms. The number of rotatable bonds is 2. The van der Waals surface area contributed by atoms with Gasteiger partial charge in [-0.3, -0.25) is 9.59 Å². The summed E-state index contributed by atoms with van der Waals surface area (Å²) in [4.78, 5) is 24.1. The summed E-state index contributed by atoms with van der Waals surface area (Å²) >= 11 is 4.15. The minimum Gasteiger partial charge on any atom is -0.354 e. The van der Waals surface area contributed by atoms with E-state index in [2.05, 4.69) is 23.3 Å². The van der Waals surface area contributed by atoms with Crippen LogP contribution in [0.25, 0.3) is 0 Å². The van der Waals surface area contributed by atoms with Crippen molar-refractivity contribution in [3.8, 4) is 0 Å². The maximum Gasteiger partial charge on any atom is 0.251 e. The van der Waals surface area contributed by atoms with Gasteiger partial charge in [0.2, 0.25) is 5.91 Å². The molecule has 1 fully saturated rings. The Morgan fingerprint density at radius 2 is 2.06 bits per heavy atom. The molecule has 4 nitrogen and oxygen atoms in total. The standard InChI is InChI=1S/C12H14N2O2S/c15-11(8-3-5-9(17)6-4-8)14-10-2-1-7-13-12(10)16/h3-6,10,17H,1-2,7H2,(H,13,16)(H,14,15). The lowest BCUT2D eigenvalue weighted by atomic mass is 10.1. The number of hydrogen-bond acceptors (Lipinski definition) is 3. The highest BCUT2D eigenvalue weighted by Crippen LogP contribution is 2.09. The first-order valence-corrected chi connectivity index (χ1v) is 5.99. The second-order valence-electron chi connectivity index (χ2n) is 4.01. The first-order chi connectivity index (χ1) is 8.16.